The Hall–Kier alpha value is -3.68. The van der Waals surface area contributed by atoms with Crippen LogP contribution in [-0.2, 0) is 30.6 Å². The third-order valence-corrected chi connectivity index (χ3v) is 5.63. The molecule has 32 heavy (non-hydrogen) atoms. The first kappa shape index (κ1) is 21.5. The molecule has 0 saturated carbocycles. The summed E-state index contributed by atoms with van der Waals surface area (Å²) in [6, 6.07) is 13.6. The highest BCUT2D eigenvalue weighted by Crippen LogP contribution is 2.21. The topological polar surface area (TPSA) is 87.3 Å². The standard InChI is InChI=1S/C24H25FN4O3/c1-32-19-8-4-16(5-9-19)10-12-26-24(31)23-20-15-29(13-11-21(20)27-28-23)22(30)14-17-2-6-18(25)7-3-17/h2-9H,10-15H2,1H3,(H,26,31)(H,27,28). The van der Waals surface area contributed by atoms with Gasteiger partial charge in [-0.25, -0.2) is 4.39 Å². The van der Waals surface area contributed by atoms with Crippen molar-refractivity contribution in [2.75, 3.05) is 20.2 Å². The highest BCUT2D eigenvalue weighted by atomic mass is 19.1. The Morgan fingerprint density at radius 1 is 1.12 bits per heavy atom. The molecule has 0 unspecified atom stereocenters. The van der Waals surface area contributed by atoms with Crippen LogP contribution in [0.3, 0.4) is 0 Å². The first-order valence-electron chi connectivity index (χ1n) is 10.5. The van der Waals surface area contributed by atoms with Crippen molar-refractivity contribution in [2.45, 2.75) is 25.8 Å². The van der Waals surface area contributed by atoms with Gasteiger partial charge < -0.3 is 15.0 Å². The molecule has 0 atom stereocenters. The normalized spacial score (nSPS) is 12.9. The number of carbonyl (C=O) groups is 2. The molecule has 8 heteroatoms. The first-order valence-corrected chi connectivity index (χ1v) is 10.5. The fraction of sp³-hybridized carbons (Fsp3) is 0.292. The fourth-order valence-electron chi connectivity index (χ4n) is 3.78. The number of aromatic nitrogens is 2. The zero-order valence-electron chi connectivity index (χ0n) is 17.9. The van der Waals surface area contributed by atoms with Gasteiger partial charge in [-0.1, -0.05) is 24.3 Å². The number of rotatable bonds is 7. The maximum Gasteiger partial charge on any atom is 0.272 e. The molecule has 2 amide bonds. The van der Waals surface area contributed by atoms with Crippen molar-refractivity contribution >= 4 is 11.8 Å². The van der Waals surface area contributed by atoms with Crippen molar-refractivity contribution in [3.8, 4) is 5.75 Å². The van der Waals surface area contributed by atoms with Crippen molar-refractivity contribution < 1.29 is 18.7 Å². The van der Waals surface area contributed by atoms with Gasteiger partial charge in [0.1, 0.15) is 11.6 Å². The second-order valence-electron chi connectivity index (χ2n) is 7.75. The van der Waals surface area contributed by atoms with E-state index < -0.39 is 0 Å². The number of benzene rings is 2. The van der Waals surface area contributed by atoms with E-state index in [0.29, 0.717) is 38.2 Å². The van der Waals surface area contributed by atoms with E-state index in [0.717, 1.165) is 28.1 Å². The van der Waals surface area contributed by atoms with Gasteiger partial charge >= 0.3 is 0 Å². The van der Waals surface area contributed by atoms with Crippen LogP contribution in [0.25, 0.3) is 0 Å². The Morgan fingerprint density at radius 2 is 1.84 bits per heavy atom. The number of nitrogens with zero attached hydrogens (tertiary/aromatic N) is 2. The van der Waals surface area contributed by atoms with Gasteiger partial charge in [0.15, 0.2) is 5.69 Å². The zero-order chi connectivity index (χ0) is 22.5. The molecule has 7 nitrogen and oxygen atoms in total. The molecule has 3 aromatic rings. The van der Waals surface area contributed by atoms with Gasteiger partial charge in [0, 0.05) is 37.3 Å². The summed E-state index contributed by atoms with van der Waals surface area (Å²) in [6.07, 6.45) is 1.48. The number of nitrogens with one attached hydrogen (secondary N) is 2. The lowest BCUT2D eigenvalue weighted by atomic mass is 10.0. The molecule has 2 aromatic carbocycles. The van der Waals surface area contributed by atoms with Gasteiger partial charge in [0.2, 0.25) is 5.91 Å². The molecule has 0 spiro atoms. The van der Waals surface area contributed by atoms with Crippen LogP contribution in [0.15, 0.2) is 48.5 Å². The van der Waals surface area contributed by atoms with Crippen molar-refractivity contribution in [2.24, 2.45) is 0 Å². The molecule has 2 heterocycles. The van der Waals surface area contributed by atoms with Crippen LogP contribution in [-0.4, -0.2) is 47.1 Å². The Kier molecular flexibility index (Phi) is 6.49. The number of halogens is 1. The Morgan fingerprint density at radius 3 is 2.56 bits per heavy atom. The highest BCUT2D eigenvalue weighted by molar-refractivity contribution is 5.94. The number of hydrogen-bond acceptors (Lipinski definition) is 4. The predicted molar refractivity (Wildman–Crippen MR) is 117 cm³/mol. The minimum atomic E-state index is -0.329. The summed E-state index contributed by atoms with van der Waals surface area (Å²) in [7, 11) is 1.62. The first-order chi connectivity index (χ1) is 15.5. The molecule has 0 aliphatic carbocycles. The zero-order valence-corrected chi connectivity index (χ0v) is 17.9. The van der Waals surface area contributed by atoms with E-state index in [1.54, 1.807) is 24.1 Å². The van der Waals surface area contributed by atoms with Gasteiger partial charge in [-0.05, 0) is 41.8 Å². The summed E-state index contributed by atoms with van der Waals surface area (Å²) in [6.45, 7) is 1.35. The molecule has 0 saturated heterocycles. The Bertz CT molecular complexity index is 1090. The predicted octanol–water partition coefficient (Wildman–Crippen LogP) is 2.66. The van der Waals surface area contributed by atoms with Crippen molar-refractivity contribution in [1.82, 2.24) is 20.4 Å². The number of carbonyl (C=O) groups excluding carboxylic acids is 2. The molecule has 1 aliphatic rings. The van der Waals surface area contributed by atoms with Crippen LogP contribution in [0, 0.1) is 5.82 Å². The van der Waals surface area contributed by atoms with E-state index in [2.05, 4.69) is 15.5 Å². The second-order valence-corrected chi connectivity index (χ2v) is 7.75. The average Bonchev–Trinajstić information content (AvgIpc) is 3.24. The monoisotopic (exact) mass is 436 g/mol. The molecule has 1 aliphatic heterocycles. The van der Waals surface area contributed by atoms with E-state index >= 15 is 0 Å². The molecule has 0 fully saturated rings. The van der Waals surface area contributed by atoms with Crippen molar-refractivity contribution in [1.29, 1.82) is 0 Å². The summed E-state index contributed by atoms with van der Waals surface area (Å²) in [4.78, 5) is 27.2. The van der Waals surface area contributed by atoms with Crippen LogP contribution in [0.5, 0.6) is 5.75 Å². The van der Waals surface area contributed by atoms with Gasteiger partial charge in [-0.15, -0.1) is 0 Å². The average molecular weight is 436 g/mol. The smallest absolute Gasteiger partial charge is 0.272 e. The summed E-state index contributed by atoms with van der Waals surface area (Å²) in [5, 5.41) is 10.0. The number of amides is 2. The third-order valence-electron chi connectivity index (χ3n) is 5.63. The second kappa shape index (κ2) is 9.64. The molecule has 2 N–H and O–H groups in total. The van der Waals surface area contributed by atoms with E-state index in [4.69, 9.17) is 4.74 Å². The van der Waals surface area contributed by atoms with E-state index in [1.165, 1.54) is 12.1 Å². The number of aromatic amines is 1. The summed E-state index contributed by atoms with van der Waals surface area (Å²) in [5.41, 5.74) is 3.81. The van der Waals surface area contributed by atoms with Crippen LogP contribution < -0.4 is 10.1 Å². The molecule has 4 rings (SSSR count). The summed E-state index contributed by atoms with van der Waals surface area (Å²) in [5.74, 6) is 0.141. The minimum absolute atomic E-state index is 0.0608. The molecule has 0 radical (unpaired) electrons. The third kappa shape index (κ3) is 4.96. The van der Waals surface area contributed by atoms with E-state index in [1.807, 2.05) is 24.3 Å². The highest BCUT2D eigenvalue weighted by Gasteiger charge is 2.27. The quantitative estimate of drug-likeness (QED) is 0.596. The van der Waals surface area contributed by atoms with E-state index in [-0.39, 0.29) is 24.1 Å². The van der Waals surface area contributed by atoms with Crippen LogP contribution in [0.2, 0.25) is 0 Å². The SMILES string of the molecule is COc1ccc(CCNC(=O)c2n[nH]c3c2CN(C(=O)Cc2ccc(F)cc2)CC3)cc1. The largest absolute Gasteiger partial charge is 0.497 e. The van der Waals surface area contributed by atoms with Gasteiger partial charge in [-0.3, -0.25) is 14.7 Å². The summed E-state index contributed by atoms with van der Waals surface area (Å²) >= 11 is 0. The number of ether oxygens (including phenoxy) is 1. The molecule has 0 bridgehead atoms. The Balaban J connectivity index is 1.35. The summed E-state index contributed by atoms with van der Waals surface area (Å²) < 4.78 is 18.2. The van der Waals surface area contributed by atoms with Crippen molar-refractivity contribution in [3.05, 3.63) is 82.4 Å². The van der Waals surface area contributed by atoms with Gasteiger partial charge in [0.25, 0.3) is 5.91 Å². The van der Waals surface area contributed by atoms with E-state index in [9.17, 15) is 14.0 Å². The molecule has 1 aromatic heterocycles. The molecular weight excluding hydrogens is 411 g/mol. The number of hydrogen-bond donors (Lipinski definition) is 2. The van der Waals surface area contributed by atoms with Crippen molar-refractivity contribution in [3.63, 3.8) is 0 Å². The molecular formula is C24H25FN4O3. The lowest BCUT2D eigenvalue weighted by Crippen LogP contribution is -2.37. The lowest BCUT2D eigenvalue weighted by molar-refractivity contribution is -0.131. The molecule has 166 valence electrons. The van der Waals surface area contributed by atoms with Gasteiger partial charge in [0.05, 0.1) is 13.5 Å². The lowest BCUT2D eigenvalue weighted by Gasteiger charge is -2.27. The maximum absolute atomic E-state index is 13.1. The Labute approximate surface area is 185 Å². The fourth-order valence-corrected chi connectivity index (χ4v) is 3.78. The minimum Gasteiger partial charge on any atom is -0.497 e. The van der Waals surface area contributed by atoms with Gasteiger partial charge in [-0.2, -0.15) is 5.10 Å². The van der Waals surface area contributed by atoms with Crippen LogP contribution in [0.1, 0.15) is 32.9 Å². The number of H-pyrrole nitrogens is 1. The van der Waals surface area contributed by atoms with Crippen LogP contribution >= 0.6 is 0 Å². The number of methoxy groups -OCH3 is 1. The number of fused-ring (bicyclic) bond motifs is 1. The van der Waals surface area contributed by atoms with Crippen LogP contribution in [0.4, 0.5) is 4.39 Å². The maximum atomic E-state index is 13.1.